The molecule has 0 radical (unpaired) electrons. The molecule has 1 heteroatoms. The number of nitrogens with zero attached hydrogens (tertiary/aromatic N) is 1. The minimum Gasteiger partial charge on any atom is -0.310 e. The highest BCUT2D eigenvalue weighted by atomic mass is 15.2. The van der Waals surface area contributed by atoms with E-state index in [-0.39, 0.29) is 5.41 Å². The Morgan fingerprint density at radius 2 is 1.32 bits per heavy atom. The SMILES string of the molecule is CC1(C)C2=CCCC=C2N(c2ccc(-c3ccccc3)cc2)c2ccccc21. The minimum absolute atomic E-state index is 0.0311. The summed E-state index contributed by atoms with van der Waals surface area (Å²) < 4.78 is 0. The number of anilines is 2. The summed E-state index contributed by atoms with van der Waals surface area (Å²) in [6.07, 6.45) is 7.09. The van der Waals surface area contributed by atoms with Crippen LogP contribution in [0.1, 0.15) is 32.3 Å². The van der Waals surface area contributed by atoms with Gasteiger partial charge in [-0.05, 0) is 53.3 Å². The first-order valence-corrected chi connectivity index (χ1v) is 10.1. The maximum Gasteiger partial charge on any atom is 0.0502 e. The van der Waals surface area contributed by atoms with Gasteiger partial charge in [-0.25, -0.2) is 0 Å². The lowest BCUT2D eigenvalue weighted by atomic mass is 9.70. The molecular formula is C27H25N. The molecule has 0 amide bonds. The summed E-state index contributed by atoms with van der Waals surface area (Å²) >= 11 is 0. The van der Waals surface area contributed by atoms with Crippen LogP contribution in [-0.4, -0.2) is 0 Å². The van der Waals surface area contributed by atoms with Gasteiger partial charge in [0, 0.05) is 16.8 Å². The number of allylic oxidation sites excluding steroid dienone is 3. The van der Waals surface area contributed by atoms with Gasteiger partial charge in [-0.3, -0.25) is 0 Å². The zero-order valence-electron chi connectivity index (χ0n) is 16.5. The second-order valence-corrected chi connectivity index (χ2v) is 8.17. The van der Waals surface area contributed by atoms with Crippen molar-refractivity contribution in [3.05, 3.63) is 108 Å². The van der Waals surface area contributed by atoms with E-state index in [0.717, 1.165) is 12.8 Å². The molecule has 0 N–H and O–H groups in total. The molecule has 1 nitrogen and oxygen atoms in total. The smallest absolute Gasteiger partial charge is 0.0502 e. The number of benzene rings is 3. The van der Waals surface area contributed by atoms with Crippen LogP contribution in [0, 0.1) is 0 Å². The molecule has 1 aliphatic heterocycles. The molecule has 0 unspecified atom stereocenters. The molecule has 0 fully saturated rings. The molecule has 1 aliphatic carbocycles. The van der Waals surface area contributed by atoms with Crippen LogP contribution in [0.15, 0.2) is 102 Å². The normalized spacial score (nSPS) is 17.3. The van der Waals surface area contributed by atoms with Crippen molar-refractivity contribution in [2.45, 2.75) is 32.1 Å². The lowest BCUT2D eigenvalue weighted by molar-refractivity contribution is 0.603. The van der Waals surface area contributed by atoms with E-state index >= 15 is 0 Å². The average Bonchev–Trinajstić information content (AvgIpc) is 2.75. The molecule has 2 aliphatic rings. The van der Waals surface area contributed by atoms with E-state index in [1.807, 2.05) is 0 Å². The van der Waals surface area contributed by atoms with E-state index < -0.39 is 0 Å². The van der Waals surface area contributed by atoms with E-state index in [9.17, 15) is 0 Å². The molecule has 3 aromatic rings. The van der Waals surface area contributed by atoms with Gasteiger partial charge < -0.3 is 4.90 Å². The predicted octanol–water partition coefficient (Wildman–Crippen LogP) is 7.39. The average molecular weight is 364 g/mol. The van der Waals surface area contributed by atoms with Gasteiger partial charge in [0.05, 0.1) is 5.69 Å². The molecule has 0 bridgehead atoms. The first-order valence-electron chi connectivity index (χ1n) is 10.1. The maximum atomic E-state index is 2.44. The van der Waals surface area contributed by atoms with E-state index in [4.69, 9.17) is 0 Å². The van der Waals surface area contributed by atoms with Gasteiger partial charge in [0.2, 0.25) is 0 Å². The zero-order valence-corrected chi connectivity index (χ0v) is 16.5. The first kappa shape index (κ1) is 17.1. The van der Waals surface area contributed by atoms with E-state index in [2.05, 4.69) is 110 Å². The lowest BCUT2D eigenvalue weighted by Gasteiger charge is -2.45. The summed E-state index contributed by atoms with van der Waals surface area (Å²) in [6.45, 7) is 4.71. The summed E-state index contributed by atoms with van der Waals surface area (Å²) in [7, 11) is 0. The van der Waals surface area contributed by atoms with Crippen molar-refractivity contribution in [3.63, 3.8) is 0 Å². The third-order valence-corrected chi connectivity index (χ3v) is 6.09. The fourth-order valence-electron chi connectivity index (χ4n) is 4.63. The Hall–Kier alpha value is -3.06. The van der Waals surface area contributed by atoms with Gasteiger partial charge in [0.15, 0.2) is 0 Å². The van der Waals surface area contributed by atoms with Crippen molar-refractivity contribution >= 4 is 11.4 Å². The molecule has 138 valence electrons. The standard InChI is InChI=1S/C27H25N/c1-27(2)23-12-6-8-14-25(23)28(26-15-9-7-13-24(26)27)22-18-16-21(17-19-22)20-10-4-3-5-11-20/h3-6,8,10-19H,7,9H2,1-2H3. The molecule has 0 atom stereocenters. The third kappa shape index (κ3) is 2.62. The summed E-state index contributed by atoms with van der Waals surface area (Å²) in [6, 6.07) is 28.4. The topological polar surface area (TPSA) is 3.24 Å². The van der Waals surface area contributed by atoms with Gasteiger partial charge in [0.25, 0.3) is 0 Å². The Morgan fingerprint density at radius 3 is 2.11 bits per heavy atom. The Kier molecular flexibility index (Phi) is 3.98. The highest BCUT2D eigenvalue weighted by Crippen LogP contribution is 2.51. The summed E-state index contributed by atoms with van der Waals surface area (Å²) in [5, 5.41) is 0. The Bertz CT molecular complexity index is 1070. The Morgan fingerprint density at radius 1 is 0.679 bits per heavy atom. The maximum absolute atomic E-state index is 2.44. The van der Waals surface area contributed by atoms with Crippen molar-refractivity contribution in [2.75, 3.05) is 4.90 Å². The molecule has 3 aromatic carbocycles. The van der Waals surface area contributed by atoms with Crippen molar-refractivity contribution in [1.82, 2.24) is 0 Å². The van der Waals surface area contributed by atoms with Crippen molar-refractivity contribution in [2.24, 2.45) is 0 Å². The van der Waals surface area contributed by atoms with Gasteiger partial charge in [-0.2, -0.15) is 0 Å². The molecule has 0 spiro atoms. The highest BCUT2D eigenvalue weighted by molar-refractivity contribution is 5.81. The molecular weight excluding hydrogens is 338 g/mol. The molecule has 28 heavy (non-hydrogen) atoms. The fraction of sp³-hybridized carbons (Fsp3) is 0.185. The predicted molar refractivity (Wildman–Crippen MR) is 119 cm³/mol. The van der Waals surface area contributed by atoms with Crippen LogP contribution >= 0.6 is 0 Å². The van der Waals surface area contributed by atoms with Gasteiger partial charge in [0.1, 0.15) is 0 Å². The fourth-order valence-corrected chi connectivity index (χ4v) is 4.63. The van der Waals surface area contributed by atoms with E-state index in [0.29, 0.717) is 0 Å². The molecule has 0 saturated heterocycles. The number of hydrogen-bond acceptors (Lipinski definition) is 1. The van der Waals surface area contributed by atoms with Crippen LogP contribution in [0.3, 0.4) is 0 Å². The highest BCUT2D eigenvalue weighted by Gasteiger charge is 2.39. The molecule has 5 rings (SSSR count). The number of rotatable bonds is 2. The Balaban J connectivity index is 1.64. The van der Waals surface area contributed by atoms with Crippen LogP contribution in [-0.2, 0) is 5.41 Å². The van der Waals surface area contributed by atoms with Crippen molar-refractivity contribution in [3.8, 4) is 11.1 Å². The molecule has 0 aromatic heterocycles. The Labute approximate surface area is 167 Å². The second kappa shape index (κ2) is 6.53. The van der Waals surface area contributed by atoms with Gasteiger partial charge in [-0.15, -0.1) is 0 Å². The number of fused-ring (bicyclic) bond motifs is 2. The lowest BCUT2D eigenvalue weighted by Crippen LogP contribution is -2.36. The number of hydrogen-bond donors (Lipinski definition) is 0. The van der Waals surface area contributed by atoms with E-state index in [1.54, 1.807) is 0 Å². The van der Waals surface area contributed by atoms with Crippen LogP contribution in [0.25, 0.3) is 11.1 Å². The van der Waals surface area contributed by atoms with Crippen LogP contribution in [0.2, 0.25) is 0 Å². The summed E-state index contributed by atoms with van der Waals surface area (Å²) in [5.41, 5.74) is 9.25. The quantitative estimate of drug-likeness (QED) is 0.459. The van der Waals surface area contributed by atoms with Crippen LogP contribution in [0.5, 0.6) is 0 Å². The summed E-state index contributed by atoms with van der Waals surface area (Å²) in [4.78, 5) is 2.44. The van der Waals surface area contributed by atoms with Gasteiger partial charge in [-0.1, -0.05) is 86.7 Å². The van der Waals surface area contributed by atoms with Crippen molar-refractivity contribution < 1.29 is 0 Å². The monoisotopic (exact) mass is 363 g/mol. The zero-order chi connectivity index (χ0) is 19.1. The van der Waals surface area contributed by atoms with Gasteiger partial charge >= 0.3 is 0 Å². The van der Waals surface area contributed by atoms with Crippen LogP contribution < -0.4 is 4.90 Å². The third-order valence-electron chi connectivity index (χ3n) is 6.09. The number of para-hydroxylation sites is 1. The second-order valence-electron chi connectivity index (χ2n) is 8.17. The van der Waals surface area contributed by atoms with E-state index in [1.165, 1.54) is 39.3 Å². The van der Waals surface area contributed by atoms with Crippen LogP contribution in [0.4, 0.5) is 11.4 Å². The minimum atomic E-state index is 0.0311. The molecule has 0 saturated carbocycles. The largest absolute Gasteiger partial charge is 0.310 e. The molecule has 1 heterocycles. The summed E-state index contributed by atoms with van der Waals surface area (Å²) in [5.74, 6) is 0. The first-order chi connectivity index (χ1) is 13.7. The van der Waals surface area contributed by atoms with Crippen molar-refractivity contribution in [1.29, 1.82) is 0 Å².